The molecule has 6 nitrogen and oxygen atoms in total. The summed E-state index contributed by atoms with van der Waals surface area (Å²) in [6.45, 7) is -0.0921. The van der Waals surface area contributed by atoms with Crippen LogP contribution in [0.15, 0.2) is 17.1 Å². The number of hydrogen-bond acceptors (Lipinski definition) is 6. The molecule has 0 aliphatic carbocycles. The Kier molecular flexibility index (Phi) is 2.20. The average molecular weight is 242 g/mol. The molecule has 1 saturated heterocycles. The smallest absolute Gasteiger partial charge is 0.301 e. The van der Waals surface area contributed by atoms with Gasteiger partial charge in [0.2, 0.25) is 0 Å². The largest absolute Gasteiger partial charge is 0.455 e. The lowest BCUT2D eigenvalue weighted by Crippen LogP contribution is -2.34. The molecule has 1 unspecified atom stereocenters. The normalized spacial score (nSPS) is 35.6. The summed E-state index contributed by atoms with van der Waals surface area (Å²) < 4.78 is 7.14. The van der Waals surface area contributed by atoms with Crippen molar-refractivity contribution in [1.29, 1.82) is 0 Å². The minimum atomic E-state index is -0.739. The first-order valence-electron chi connectivity index (χ1n) is 4.91. The van der Waals surface area contributed by atoms with Crippen molar-refractivity contribution in [3.63, 3.8) is 0 Å². The van der Waals surface area contributed by atoms with Gasteiger partial charge in [0.05, 0.1) is 11.9 Å². The van der Waals surface area contributed by atoms with Crippen LogP contribution in [0.1, 0.15) is 5.37 Å². The van der Waals surface area contributed by atoms with Crippen LogP contribution in [-0.4, -0.2) is 43.8 Å². The molecule has 1 fully saturated rings. The van der Waals surface area contributed by atoms with Gasteiger partial charge in [-0.3, -0.25) is 9.36 Å². The maximum atomic E-state index is 11.0. The topological polar surface area (TPSA) is 84.6 Å². The molecule has 2 aliphatic heterocycles. The van der Waals surface area contributed by atoms with Crippen molar-refractivity contribution >= 4 is 11.8 Å². The number of hydrogen-bond donors (Lipinski definition) is 2. The number of aliphatic hydroxyl groups excluding tert-OH is 2. The van der Waals surface area contributed by atoms with Gasteiger partial charge in [0, 0.05) is 12.3 Å². The van der Waals surface area contributed by atoms with Gasteiger partial charge in [0.15, 0.2) is 6.10 Å². The number of aliphatic hydroxyl groups is 2. The number of nitrogens with zero attached hydrogens (tertiary/aromatic N) is 2. The maximum absolute atomic E-state index is 11.0. The van der Waals surface area contributed by atoms with Crippen molar-refractivity contribution in [2.75, 3.05) is 6.61 Å². The van der Waals surface area contributed by atoms with Crippen LogP contribution in [0.5, 0.6) is 6.01 Å². The van der Waals surface area contributed by atoms with E-state index < -0.39 is 12.2 Å². The van der Waals surface area contributed by atoms with Gasteiger partial charge in [-0.25, -0.2) is 0 Å². The van der Waals surface area contributed by atoms with E-state index in [9.17, 15) is 9.90 Å². The first-order valence-corrected chi connectivity index (χ1v) is 5.85. The third-order valence-corrected chi connectivity index (χ3v) is 4.36. The van der Waals surface area contributed by atoms with Crippen molar-refractivity contribution in [2.45, 2.75) is 22.8 Å². The van der Waals surface area contributed by atoms with E-state index in [1.54, 1.807) is 10.8 Å². The van der Waals surface area contributed by atoms with Crippen LogP contribution in [-0.2, 0) is 0 Å². The minimum Gasteiger partial charge on any atom is -0.455 e. The van der Waals surface area contributed by atoms with Crippen molar-refractivity contribution < 1.29 is 14.9 Å². The second kappa shape index (κ2) is 3.47. The fraction of sp³-hybridized carbons (Fsp3) is 0.556. The van der Waals surface area contributed by atoms with Crippen molar-refractivity contribution in [3.8, 4) is 6.01 Å². The molecule has 3 rings (SSSR count). The summed E-state index contributed by atoms with van der Waals surface area (Å²) in [6.07, 6.45) is 0.433. The summed E-state index contributed by atoms with van der Waals surface area (Å²) in [5, 5.41) is 18.6. The summed E-state index contributed by atoms with van der Waals surface area (Å²) in [7, 11) is 0. The lowest BCUT2D eigenvalue weighted by Gasteiger charge is -2.14. The Morgan fingerprint density at radius 3 is 3.19 bits per heavy atom. The molecule has 1 aromatic rings. The van der Waals surface area contributed by atoms with Gasteiger partial charge in [0.25, 0.3) is 5.56 Å². The highest BCUT2D eigenvalue weighted by Gasteiger charge is 2.50. The Bertz CT molecular complexity index is 477. The zero-order valence-corrected chi connectivity index (χ0v) is 9.00. The Labute approximate surface area is 94.9 Å². The van der Waals surface area contributed by atoms with Gasteiger partial charge in [-0.2, -0.15) is 4.98 Å². The Hall–Kier alpha value is -1.05. The fourth-order valence-corrected chi connectivity index (χ4v) is 3.44. The molecule has 0 radical (unpaired) electrons. The highest BCUT2D eigenvalue weighted by molar-refractivity contribution is 8.00. The van der Waals surface area contributed by atoms with Crippen molar-refractivity contribution in [2.24, 2.45) is 0 Å². The third-order valence-electron chi connectivity index (χ3n) is 2.81. The van der Waals surface area contributed by atoms with Crippen molar-refractivity contribution in [1.82, 2.24) is 9.55 Å². The van der Waals surface area contributed by atoms with E-state index in [0.717, 1.165) is 0 Å². The van der Waals surface area contributed by atoms with Crippen LogP contribution >= 0.6 is 11.8 Å². The SMILES string of the molecule is O=c1ccn2c(n1)OC1[C@@H](O)[C@@H](CO)S[C@H]12. The quantitative estimate of drug-likeness (QED) is 0.655. The summed E-state index contributed by atoms with van der Waals surface area (Å²) in [4.78, 5) is 14.8. The van der Waals surface area contributed by atoms with Gasteiger partial charge in [-0.15, -0.1) is 11.8 Å². The molecule has 7 heteroatoms. The molecule has 0 amide bonds. The Morgan fingerprint density at radius 2 is 2.44 bits per heavy atom. The lowest BCUT2D eigenvalue weighted by molar-refractivity contribution is 0.0437. The highest BCUT2D eigenvalue weighted by Crippen LogP contribution is 2.47. The van der Waals surface area contributed by atoms with Crippen LogP contribution in [0, 0.1) is 0 Å². The summed E-state index contributed by atoms with van der Waals surface area (Å²) in [5.74, 6) is 0. The predicted octanol–water partition coefficient (Wildman–Crippen LogP) is -1.03. The molecular weight excluding hydrogens is 232 g/mol. The summed E-state index contributed by atoms with van der Waals surface area (Å²) in [5.41, 5.74) is -0.357. The number of rotatable bonds is 1. The zero-order chi connectivity index (χ0) is 11.3. The molecule has 4 atom stereocenters. The van der Waals surface area contributed by atoms with Gasteiger partial charge < -0.3 is 14.9 Å². The zero-order valence-electron chi connectivity index (χ0n) is 8.18. The summed E-state index contributed by atoms with van der Waals surface area (Å²) >= 11 is 1.43. The second-order valence-electron chi connectivity index (χ2n) is 3.78. The highest BCUT2D eigenvalue weighted by atomic mass is 32.2. The fourth-order valence-electron chi connectivity index (χ4n) is 2.02. The molecular formula is C9H10N2O4S. The van der Waals surface area contributed by atoms with E-state index in [1.807, 2.05) is 0 Å². The van der Waals surface area contributed by atoms with Crippen LogP contribution < -0.4 is 10.3 Å². The van der Waals surface area contributed by atoms with Gasteiger partial charge >= 0.3 is 6.01 Å². The molecule has 2 aliphatic rings. The minimum absolute atomic E-state index is 0.0921. The average Bonchev–Trinajstić information content (AvgIpc) is 2.75. The maximum Gasteiger partial charge on any atom is 0.301 e. The van der Waals surface area contributed by atoms with Gasteiger partial charge in [0.1, 0.15) is 11.5 Å². The van der Waals surface area contributed by atoms with Crippen LogP contribution in [0.2, 0.25) is 0 Å². The predicted molar refractivity (Wildman–Crippen MR) is 56.4 cm³/mol. The molecule has 0 bridgehead atoms. The molecule has 3 heterocycles. The van der Waals surface area contributed by atoms with Crippen LogP contribution in [0.25, 0.3) is 0 Å². The van der Waals surface area contributed by atoms with E-state index in [1.165, 1.54) is 17.8 Å². The second-order valence-corrected chi connectivity index (χ2v) is 5.14. The molecule has 86 valence electrons. The standard InChI is InChI=1S/C9H10N2O4S/c12-3-4-6(14)7-8(16-4)11-2-1-5(13)10-9(11)15-7/h1-2,4,6-8,12,14H,3H2/t4-,6+,7?,8-/m1/s1. The first kappa shape index (κ1) is 10.1. The molecule has 0 aromatic carbocycles. The number of aromatic nitrogens is 2. The molecule has 16 heavy (non-hydrogen) atoms. The van der Waals surface area contributed by atoms with Crippen LogP contribution in [0.3, 0.4) is 0 Å². The first-order chi connectivity index (χ1) is 7.70. The van der Waals surface area contributed by atoms with Gasteiger partial charge in [-0.1, -0.05) is 0 Å². The number of thioether (sulfide) groups is 1. The molecule has 0 saturated carbocycles. The number of ether oxygens (including phenoxy) is 1. The van der Waals surface area contributed by atoms with Crippen molar-refractivity contribution in [3.05, 3.63) is 22.6 Å². The monoisotopic (exact) mass is 242 g/mol. The lowest BCUT2D eigenvalue weighted by atomic mass is 10.1. The van der Waals surface area contributed by atoms with E-state index in [-0.39, 0.29) is 28.8 Å². The molecule has 1 aromatic heterocycles. The summed E-state index contributed by atoms with van der Waals surface area (Å²) in [6, 6.07) is 1.60. The molecule has 0 spiro atoms. The van der Waals surface area contributed by atoms with E-state index in [0.29, 0.717) is 0 Å². The van der Waals surface area contributed by atoms with Gasteiger partial charge in [-0.05, 0) is 0 Å². The van der Waals surface area contributed by atoms with Crippen LogP contribution in [0.4, 0.5) is 0 Å². The van der Waals surface area contributed by atoms with E-state index in [4.69, 9.17) is 9.84 Å². The Morgan fingerprint density at radius 1 is 1.62 bits per heavy atom. The van der Waals surface area contributed by atoms with E-state index in [2.05, 4.69) is 4.98 Å². The third kappa shape index (κ3) is 1.28. The molecule has 2 N–H and O–H groups in total. The van der Waals surface area contributed by atoms with E-state index >= 15 is 0 Å². The number of fused-ring (bicyclic) bond motifs is 3. The Balaban J connectivity index is 1.99.